The fourth-order valence-corrected chi connectivity index (χ4v) is 2.33. The predicted octanol–water partition coefficient (Wildman–Crippen LogP) is 3.13. The maximum atomic E-state index is 4.53. The molecule has 0 spiro atoms. The smallest absolute Gasteiger partial charge is 0.129 e. The zero-order valence-corrected chi connectivity index (χ0v) is 11.8. The van der Waals surface area contributed by atoms with Crippen LogP contribution in [0, 0.1) is 0 Å². The third-order valence-electron chi connectivity index (χ3n) is 3.59. The molecule has 1 aliphatic carbocycles. The Morgan fingerprint density at radius 3 is 2.83 bits per heavy atom. The van der Waals surface area contributed by atoms with E-state index in [9.17, 15) is 0 Å². The molecule has 18 heavy (non-hydrogen) atoms. The van der Waals surface area contributed by atoms with Crippen LogP contribution in [0.15, 0.2) is 18.3 Å². The average molecular weight is 247 g/mol. The van der Waals surface area contributed by atoms with E-state index in [-0.39, 0.29) is 0 Å². The minimum Gasteiger partial charge on any atom is -0.354 e. The third kappa shape index (κ3) is 3.22. The van der Waals surface area contributed by atoms with Crippen molar-refractivity contribution in [1.82, 2.24) is 10.3 Å². The van der Waals surface area contributed by atoms with E-state index in [1.165, 1.54) is 24.8 Å². The highest BCUT2D eigenvalue weighted by Gasteiger charge is 2.28. The lowest BCUT2D eigenvalue weighted by Gasteiger charge is -2.23. The molecule has 1 aromatic heterocycles. The van der Waals surface area contributed by atoms with Gasteiger partial charge < -0.3 is 10.2 Å². The van der Waals surface area contributed by atoms with Crippen molar-refractivity contribution in [2.24, 2.45) is 0 Å². The molecule has 2 rings (SSSR count). The van der Waals surface area contributed by atoms with Crippen molar-refractivity contribution < 1.29 is 0 Å². The van der Waals surface area contributed by atoms with Gasteiger partial charge >= 0.3 is 0 Å². The molecule has 1 heterocycles. The quantitative estimate of drug-likeness (QED) is 0.802. The lowest BCUT2D eigenvalue weighted by molar-refractivity contribution is 0.570. The summed E-state index contributed by atoms with van der Waals surface area (Å²) in [4.78, 5) is 6.96. The van der Waals surface area contributed by atoms with Crippen LogP contribution in [0.2, 0.25) is 0 Å². The van der Waals surface area contributed by atoms with E-state index in [2.05, 4.69) is 48.1 Å². The van der Waals surface area contributed by atoms with E-state index in [1.807, 2.05) is 6.20 Å². The predicted molar refractivity (Wildman–Crippen MR) is 77.0 cm³/mol. The summed E-state index contributed by atoms with van der Waals surface area (Å²) >= 11 is 0. The van der Waals surface area contributed by atoms with Crippen LogP contribution in [0.3, 0.4) is 0 Å². The van der Waals surface area contributed by atoms with E-state index in [1.54, 1.807) is 0 Å². The summed E-state index contributed by atoms with van der Waals surface area (Å²) in [7, 11) is 0. The van der Waals surface area contributed by atoms with E-state index in [4.69, 9.17) is 0 Å². The van der Waals surface area contributed by atoms with Crippen molar-refractivity contribution >= 4 is 5.82 Å². The molecule has 1 aliphatic rings. The van der Waals surface area contributed by atoms with Gasteiger partial charge in [0.1, 0.15) is 5.82 Å². The first-order valence-corrected chi connectivity index (χ1v) is 7.22. The standard InChI is InChI=1S/C15H25N3/c1-4-9-16-12(3)13-8-10-17-15(11-13)18(5-2)14-6-7-14/h8,10-12,14,16H,4-7,9H2,1-3H3. The van der Waals surface area contributed by atoms with E-state index >= 15 is 0 Å². The highest BCUT2D eigenvalue weighted by molar-refractivity contribution is 5.44. The summed E-state index contributed by atoms with van der Waals surface area (Å²) in [6.45, 7) is 8.76. The molecule has 1 fully saturated rings. The molecule has 100 valence electrons. The molecule has 1 aromatic rings. The maximum Gasteiger partial charge on any atom is 0.129 e. The number of nitrogens with zero attached hydrogens (tertiary/aromatic N) is 2. The topological polar surface area (TPSA) is 28.2 Å². The SMILES string of the molecule is CCCNC(C)c1ccnc(N(CC)C2CC2)c1. The molecule has 1 atom stereocenters. The number of pyridine rings is 1. The normalized spacial score (nSPS) is 16.6. The molecule has 3 nitrogen and oxygen atoms in total. The second kappa shape index (κ2) is 6.19. The summed E-state index contributed by atoms with van der Waals surface area (Å²) in [5.74, 6) is 1.14. The summed E-state index contributed by atoms with van der Waals surface area (Å²) in [6, 6.07) is 5.51. The highest BCUT2D eigenvalue weighted by Crippen LogP contribution is 2.31. The molecule has 0 aromatic carbocycles. The molecule has 0 bridgehead atoms. The van der Waals surface area contributed by atoms with Crippen molar-refractivity contribution in [3.05, 3.63) is 23.9 Å². The van der Waals surface area contributed by atoms with Gasteiger partial charge in [-0.1, -0.05) is 6.92 Å². The Bertz CT molecular complexity index is 374. The van der Waals surface area contributed by atoms with E-state index in [0.29, 0.717) is 6.04 Å². The van der Waals surface area contributed by atoms with Crippen LogP contribution in [0.25, 0.3) is 0 Å². The van der Waals surface area contributed by atoms with Crippen molar-refractivity contribution in [1.29, 1.82) is 0 Å². The number of aromatic nitrogens is 1. The van der Waals surface area contributed by atoms with Crippen LogP contribution < -0.4 is 10.2 Å². The first-order chi connectivity index (χ1) is 8.76. The molecule has 1 N–H and O–H groups in total. The summed E-state index contributed by atoms with van der Waals surface area (Å²) in [6.07, 6.45) is 5.76. The van der Waals surface area contributed by atoms with Crippen molar-refractivity contribution in [2.75, 3.05) is 18.0 Å². The number of hydrogen-bond donors (Lipinski definition) is 1. The van der Waals surface area contributed by atoms with Crippen LogP contribution in [0.1, 0.15) is 51.6 Å². The fraction of sp³-hybridized carbons (Fsp3) is 0.667. The van der Waals surface area contributed by atoms with Gasteiger partial charge in [0, 0.05) is 24.8 Å². The van der Waals surface area contributed by atoms with E-state index < -0.39 is 0 Å². The van der Waals surface area contributed by atoms with Crippen molar-refractivity contribution in [2.45, 2.75) is 52.1 Å². The Balaban J connectivity index is 2.08. The zero-order valence-electron chi connectivity index (χ0n) is 11.8. The third-order valence-corrected chi connectivity index (χ3v) is 3.59. The fourth-order valence-electron chi connectivity index (χ4n) is 2.33. The van der Waals surface area contributed by atoms with Crippen molar-refractivity contribution in [3.63, 3.8) is 0 Å². The van der Waals surface area contributed by atoms with Crippen LogP contribution in [0.4, 0.5) is 5.82 Å². The molecule has 0 saturated heterocycles. The number of anilines is 1. The van der Waals surface area contributed by atoms with Crippen LogP contribution in [-0.2, 0) is 0 Å². The molecule has 0 radical (unpaired) electrons. The Morgan fingerprint density at radius 2 is 2.22 bits per heavy atom. The molecule has 0 amide bonds. The summed E-state index contributed by atoms with van der Waals surface area (Å²) in [5, 5.41) is 3.53. The number of rotatable bonds is 7. The molecule has 0 aliphatic heterocycles. The summed E-state index contributed by atoms with van der Waals surface area (Å²) < 4.78 is 0. The van der Waals surface area contributed by atoms with Gasteiger partial charge in [-0.15, -0.1) is 0 Å². The first-order valence-electron chi connectivity index (χ1n) is 7.22. The Hall–Kier alpha value is -1.09. The van der Waals surface area contributed by atoms with Gasteiger partial charge in [0.2, 0.25) is 0 Å². The second-order valence-electron chi connectivity index (χ2n) is 5.14. The van der Waals surface area contributed by atoms with Crippen molar-refractivity contribution in [3.8, 4) is 0 Å². The Labute approximate surface area is 111 Å². The zero-order chi connectivity index (χ0) is 13.0. The monoisotopic (exact) mass is 247 g/mol. The Kier molecular flexibility index (Phi) is 4.59. The van der Waals surface area contributed by atoms with Gasteiger partial charge in [0.25, 0.3) is 0 Å². The van der Waals surface area contributed by atoms with Gasteiger partial charge in [0.05, 0.1) is 0 Å². The lowest BCUT2D eigenvalue weighted by Crippen LogP contribution is -2.26. The van der Waals surface area contributed by atoms with Gasteiger partial charge in [-0.25, -0.2) is 4.98 Å². The average Bonchev–Trinajstić information content (AvgIpc) is 3.22. The van der Waals surface area contributed by atoms with Gasteiger partial charge in [-0.2, -0.15) is 0 Å². The van der Waals surface area contributed by atoms with Crippen LogP contribution in [-0.4, -0.2) is 24.1 Å². The minimum atomic E-state index is 0.407. The second-order valence-corrected chi connectivity index (χ2v) is 5.14. The molecule has 1 unspecified atom stereocenters. The van der Waals surface area contributed by atoms with Gasteiger partial charge in [-0.3, -0.25) is 0 Å². The summed E-state index contributed by atoms with van der Waals surface area (Å²) in [5.41, 5.74) is 1.34. The van der Waals surface area contributed by atoms with E-state index in [0.717, 1.165) is 24.9 Å². The van der Waals surface area contributed by atoms with Gasteiger partial charge in [-0.05, 0) is 57.4 Å². The molecule has 3 heteroatoms. The number of nitrogens with one attached hydrogen (secondary N) is 1. The minimum absolute atomic E-state index is 0.407. The molecule has 1 saturated carbocycles. The molecular formula is C15H25N3. The number of hydrogen-bond acceptors (Lipinski definition) is 3. The largest absolute Gasteiger partial charge is 0.354 e. The first kappa shape index (κ1) is 13.3. The van der Waals surface area contributed by atoms with Crippen LogP contribution >= 0.6 is 0 Å². The van der Waals surface area contributed by atoms with Gasteiger partial charge in [0.15, 0.2) is 0 Å². The molecular weight excluding hydrogens is 222 g/mol. The maximum absolute atomic E-state index is 4.53. The lowest BCUT2D eigenvalue weighted by atomic mass is 10.1. The van der Waals surface area contributed by atoms with Crippen LogP contribution in [0.5, 0.6) is 0 Å². The highest BCUT2D eigenvalue weighted by atomic mass is 15.2. The Morgan fingerprint density at radius 1 is 1.44 bits per heavy atom.